The summed E-state index contributed by atoms with van der Waals surface area (Å²) in [5, 5.41) is 20.8. The molecule has 0 unspecified atom stereocenters. The minimum absolute atomic E-state index is 0.271. The van der Waals surface area contributed by atoms with Crippen molar-refractivity contribution in [2.75, 3.05) is 0 Å². The number of rotatable bonds is 3. The molecule has 0 saturated carbocycles. The Bertz CT molecular complexity index is 796. The Hall–Kier alpha value is -3.02. The molecule has 0 aliphatic carbocycles. The van der Waals surface area contributed by atoms with Gasteiger partial charge in [-0.1, -0.05) is 30.3 Å². The molecule has 1 heterocycles. The number of hydrogen-bond acceptors (Lipinski definition) is 4. The fourth-order valence-corrected chi connectivity index (χ4v) is 2.15. The molecule has 0 aliphatic rings. The number of carbonyl (C=O) groups is 1. The summed E-state index contributed by atoms with van der Waals surface area (Å²) in [4.78, 5) is 11.1. The van der Waals surface area contributed by atoms with Crippen molar-refractivity contribution >= 4 is 5.97 Å². The first kappa shape index (κ1) is 13.0. The van der Waals surface area contributed by atoms with Gasteiger partial charge in [-0.05, 0) is 41.1 Å². The normalized spacial score (nSPS) is 10.5. The van der Waals surface area contributed by atoms with E-state index in [1.165, 1.54) is 0 Å². The number of carboxylic acid groups (broad SMARTS) is 1. The van der Waals surface area contributed by atoms with Crippen molar-refractivity contribution in [3.8, 4) is 17.1 Å². The van der Waals surface area contributed by atoms with E-state index in [0.717, 1.165) is 11.3 Å². The van der Waals surface area contributed by atoms with Gasteiger partial charge in [0.25, 0.3) is 0 Å². The Morgan fingerprint density at radius 1 is 1.14 bits per heavy atom. The van der Waals surface area contributed by atoms with Crippen molar-refractivity contribution in [1.82, 2.24) is 20.2 Å². The van der Waals surface area contributed by atoms with Crippen LogP contribution >= 0.6 is 0 Å². The zero-order valence-electron chi connectivity index (χ0n) is 11.3. The van der Waals surface area contributed by atoms with Crippen molar-refractivity contribution in [2.45, 2.75) is 6.92 Å². The molecule has 3 rings (SSSR count). The second-order valence-corrected chi connectivity index (χ2v) is 4.58. The lowest BCUT2D eigenvalue weighted by molar-refractivity contribution is 0.0696. The summed E-state index contributed by atoms with van der Waals surface area (Å²) in [5.41, 5.74) is 2.55. The van der Waals surface area contributed by atoms with Gasteiger partial charge in [-0.25, -0.2) is 4.79 Å². The van der Waals surface area contributed by atoms with Crippen molar-refractivity contribution in [3.05, 3.63) is 59.7 Å². The largest absolute Gasteiger partial charge is 0.478 e. The van der Waals surface area contributed by atoms with Crippen LogP contribution in [0.5, 0.6) is 0 Å². The van der Waals surface area contributed by atoms with Crippen LogP contribution in [0.4, 0.5) is 0 Å². The Kier molecular flexibility index (Phi) is 3.19. The van der Waals surface area contributed by atoms with Gasteiger partial charge < -0.3 is 5.11 Å². The van der Waals surface area contributed by atoms with Crippen LogP contribution in [-0.2, 0) is 0 Å². The van der Waals surface area contributed by atoms with Crippen molar-refractivity contribution < 1.29 is 9.90 Å². The van der Waals surface area contributed by atoms with Crippen molar-refractivity contribution in [1.29, 1.82) is 0 Å². The quantitative estimate of drug-likeness (QED) is 0.796. The fourth-order valence-electron chi connectivity index (χ4n) is 2.15. The maximum absolute atomic E-state index is 11.1. The predicted molar refractivity (Wildman–Crippen MR) is 76.3 cm³/mol. The monoisotopic (exact) mass is 280 g/mol. The van der Waals surface area contributed by atoms with Gasteiger partial charge in [0, 0.05) is 5.56 Å². The summed E-state index contributed by atoms with van der Waals surface area (Å²) in [6, 6.07) is 14.6. The lowest BCUT2D eigenvalue weighted by atomic mass is 10.1. The molecule has 3 aromatic rings. The number of aromatic carboxylic acids is 1. The van der Waals surface area contributed by atoms with E-state index >= 15 is 0 Å². The Balaban J connectivity index is 2.09. The number of aromatic nitrogens is 4. The fraction of sp³-hybridized carbons (Fsp3) is 0.0667. The van der Waals surface area contributed by atoms with Gasteiger partial charge in [-0.2, -0.15) is 4.68 Å². The molecule has 0 aliphatic heterocycles. The molecule has 6 nitrogen and oxygen atoms in total. The third-order valence-corrected chi connectivity index (χ3v) is 3.19. The van der Waals surface area contributed by atoms with Gasteiger partial charge in [0.2, 0.25) is 0 Å². The maximum Gasteiger partial charge on any atom is 0.335 e. The molecule has 0 fully saturated rings. The zero-order chi connectivity index (χ0) is 14.8. The molecule has 21 heavy (non-hydrogen) atoms. The Labute approximate surface area is 120 Å². The van der Waals surface area contributed by atoms with Crippen LogP contribution < -0.4 is 0 Å². The zero-order valence-corrected chi connectivity index (χ0v) is 11.3. The van der Waals surface area contributed by atoms with E-state index in [1.54, 1.807) is 29.8 Å². The molecule has 1 N–H and O–H groups in total. The molecule has 0 radical (unpaired) electrons. The molecule has 0 saturated heterocycles. The summed E-state index contributed by atoms with van der Waals surface area (Å²) in [7, 11) is 0. The SMILES string of the molecule is Cc1cc(-n2nnnc2-c2ccccc2)ccc1C(=O)O. The number of nitrogens with zero attached hydrogens (tertiary/aromatic N) is 4. The second kappa shape index (κ2) is 5.16. The summed E-state index contributed by atoms with van der Waals surface area (Å²) in [6.07, 6.45) is 0. The van der Waals surface area contributed by atoms with Crippen molar-refractivity contribution in [3.63, 3.8) is 0 Å². The van der Waals surface area contributed by atoms with Crippen LogP contribution in [0.25, 0.3) is 17.1 Å². The van der Waals surface area contributed by atoms with E-state index in [-0.39, 0.29) is 5.56 Å². The Morgan fingerprint density at radius 3 is 2.57 bits per heavy atom. The standard InChI is InChI=1S/C15H12N4O2/c1-10-9-12(7-8-13(10)15(20)21)19-14(16-17-18-19)11-5-3-2-4-6-11/h2-9H,1H3,(H,20,21). The number of aryl methyl sites for hydroxylation is 1. The summed E-state index contributed by atoms with van der Waals surface area (Å²) in [6.45, 7) is 1.75. The van der Waals surface area contributed by atoms with Crippen LogP contribution in [0.1, 0.15) is 15.9 Å². The highest BCUT2D eigenvalue weighted by molar-refractivity contribution is 5.89. The molecular formula is C15H12N4O2. The van der Waals surface area contributed by atoms with Gasteiger partial charge in [-0.3, -0.25) is 0 Å². The van der Waals surface area contributed by atoms with Gasteiger partial charge in [-0.15, -0.1) is 5.10 Å². The van der Waals surface area contributed by atoms with Crippen LogP contribution in [0.15, 0.2) is 48.5 Å². The smallest absolute Gasteiger partial charge is 0.335 e. The van der Waals surface area contributed by atoms with Gasteiger partial charge >= 0.3 is 5.97 Å². The summed E-state index contributed by atoms with van der Waals surface area (Å²) >= 11 is 0. The molecule has 6 heteroatoms. The molecule has 0 bridgehead atoms. The topological polar surface area (TPSA) is 80.9 Å². The van der Waals surface area contributed by atoms with Crippen LogP contribution in [0.3, 0.4) is 0 Å². The molecule has 104 valence electrons. The molecule has 2 aromatic carbocycles. The van der Waals surface area contributed by atoms with Gasteiger partial charge in [0.15, 0.2) is 5.82 Å². The first-order valence-corrected chi connectivity index (χ1v) is 6.35. The van der Waals surface area contributed by atoms with E-state index in [4.69, 9.17) is 5.11 Å². The minimum atomic E-state index is -0.945. The molecule has 0 spiro atoms. The molecule has 0 amide bonds. The minimum Gasteiger partial charge on any atom is -0.478 e. The molecule has 1 aromatic heterocycles. The summed E-state index contributed by atoms with van der Waals surface area (Å²) < 4.78 is 1.59. The molecule has 0 atom stereocenters. The number of carboxylic acids is 1. The maximum atomic E-state index is 11.1. The average Bonchev–Trinajstić information content (AvgIpc) is 2.97. The summed E-state index contributed by atoms with van der Waals surface area (Å²) in [5.74, 6) is -0.336. The second-order valence-electron chi connectivity index (χ2n) is 4.58. The van der Waals surface area contributed by atoms with Crippen LogP contribution in [-0.4, -0.2) is 31.3 Å². The van der Waals surface area contributed by atoms with Crippen LogP contribution in [0.2, 0.25) is 0 Å². The predicted octanol–water partition coefficient (Wildman–Crippen LogP) is 2.34. The van der Waals surface area contributed by atoms with Crippen LogP contribution in [0, 0.1) is 6.92 Å². The van der Waals surface area contributed by atoms with Gasteiger partial charge in [0.05, 0.1) is 11.3 Å². The number of tetrazole rings is 1. The number of benzene rings is 2. The third-order valence-electron chi connectivity index (χ3n) is 3.19. The van der Waals surface area contributed by atoms with Crippen molar-refractivity contribution in [2.24, 2.45) is 0 Å². The van der Waals surface area contributed by atoms with E-state index in [0.29, 0.717) is 11.4 Å². The highest BCUT2D eigenvalue weighted by atomic mass is 16.4. The average molecular weight is 280 g/mol. The lowest BCUT2D eigenvalue weighted by Gasteiger charge is -2.07. The first-order chi connectivity index (χ1) is 10.2. The molecular weight excluding hydrogens is 268 g/mol. The van der Waals surface area contributed by atoms with E-state index in [9.17, 15) is 4.79 Å². The first-order valence-electron chi connectivity index (χ1n) is 6.35. The van der Waals surface area contributed by atoms with E-state index in [1.807, 2.05) is 30.3 Å². The van der Waals surface area contributed by atoms with Gasteiger partial charge in [0.1, 0.15) is 0 Å². The number of hydrogen-bond donors (Lipinski definition) is 1. The third kappa shape index (κ3) is 2.38. The highest BCUT2D eigenvalue weighted by Crippen LogP contribution is 2.20. The lowest BCUT2D eigenvalue weighted by Crippen LogP contribution is -2.04. The Morgan fingerprint density at radius 2 is 1.90 bits per heavy atom. The van der Waals surface area contributed by atoms with E-state index < -0.39 is 5.97 Å². The highest BCUT2D eigenvalue weighted by Gasteiger charge is 2.13. The van der Waals surface area contributed by atoms with E-state index in [2.05, 4.69) is 15.5 Å².